The van der Waals surface area contributed by atoms with E-state index >= 15 is 0 Å². The Bertz CT molecular complexity index is 99.8. The lowest BCUT2D eigenvalue weighted by Crippen LogP contribution is -2.37. The van der Waals surface area contributed by atoms with Crippen LogP contribution in [0.1, 0.15) is 20.3 Å². The SMILES string of the molecule is [CH2]CC1OCC(C)(C)CO1. The van der Waals surface area contributed by atoms with Crippen LogP contribution in [-0.4, -0.2) is 19.5 Å². The lowest BCUT2D eigenvalue weighted by atomic mass is 9.95. The summed E-state index contributed by atoms with van der Waals surface area (Å²) < 4.78 is 10.7. The molecule has 0 unspecified atom stereocenters. The molecule has 1 heterocycles. The maximum atomic E-state index is 5.36. The van der Waals surface area contributed by atoms with Crippen molar-refractivity contribution in [3.8, 4) is 0 Å². The predicted molar refractivity (Wildman–Crippen MR) is 39.4 cm³/mol. The molecule has 0 amide bonds. The fourth-order valence-corrected chi connectivity index (χ4v) is 0.894. The van der Waals surface area contributed by atoms with Crippen LogP contribution in [0.5, 0.6) is 0 Å². The highest BCUT2D eigenvalue weighted by Crippen LogP contribution is 2.23. The van der Waals surface area contributed by atoms with Gasteiger partial charge in [-0.2, -0.15) is 0 Å². The van der Waals surface area contributed by atoms with E-state index in [1.165, 1.54) is 0 Å². The van der Waals surface area contributed by atoms with Crippen LogP contribution in [0.3, 0.4) is 0 Å². The van der Waals surface area contributed by atoms with Crippen molar-refractivity contribution >= 4 is 0 Å². The average molecular weight is 143 g/mol. The fraction of sp³-hybridized carbons (Fsp3) is 0.875. The van der Waals surface area contributed by atoms with E-state index in [2.05, 4.69) is 20.8 Å². The predicted octanol–water partition coefficient (Wildman–Crippen LogP) is 1.61. The maximum Gasteiger partial charge on any atom is 0.157 e. The van der Waals surface area contributed by atoms with Gasteiger partial charge in [-0.1, -0.05) is 13.8 Å². The second-order valence-electron chi connectivity index (χ2n) is 3.50. The van der Waals surface area contributed by atoms with Gasteiger partial charge in [0.25, 0.3) is 0 Å². The summed E-state index contributed by atoms with van der Waals surface area (Å²) in [5.41, 5.74) is 0.186. The lowest BCUT2D eigenvalue weighted by Gasteiger charge is -2.34. The van der Waals surface area contributed by atoms with Gasteiger partial charge in [-0.25, -0.2) is 0 Å². The van der Waals surface area contributed by atoms with Crippen LogP contribution in [0.4, 0.5) is 0 Å². The number of ether oxygens (including phenoxy) is 2. The van der Waals surface area contributed by atoms with E-state index in [4.69, 9.17) is 9.47 Å². The van der Waals surface area contributed by atoms with E-state index in [0.29, 0.717) is 6.42 Å². The molecule has 0 aromatic rings. The molecule has 0 spiro atoms. The van der Waals surface area contributed by atoms with Crippen molar-refractivity contribution in [2.24, 2.45) is 5.41 Å². The molecule has 0 bridgehead atoms. The highest BCUT2D eigenvalue weighted by atomic mass is 16.7. The van der Waals surface area contributed by atoms with Gasteiger partial charge in [-0.3, -0.25) is 0 Å². The fourth-order valence-electron chi connectivity index (χ4n) is 0.894. The molecule has 10 heavy (non-hydrogen) atoms. The summed E-state index contributed by atoms with van der Waals surface area (Å²) in [6.07, 6.45) is 0.642. The summed E-state index contributed by atoms with van der Waals surface area (Å²) in [5, 5.41) is 0. The number of rotatable bonds is 1. The van der Waals surface area contributed by atoms with Gasteiger partial charge < -0.3 is 9.47 Å². The van der Waals surface area contributed by atoms with Gasteiger partial charge in [0.05, 0.1) is 13.2 Å². The van der Waals surface area contributed by atoms with Crippen molar-refractivity contribution in [1.29, 1.82) is 0 Å². The third-order valence-corrected chi connectivity index (χ3v) is 1.56. The van der Waals surface area contributed by atoms with Crippen molar-refractivity contribution in [2.45, 2.75) is 26.6 Å². The first-order chi connectivity index (χ1) is 4.64. The molecule has 0 atom stereocenters. The Labute approximate surface area is 62.5 Å². The lowest BCUT2D eigenvalue weighted by molar-refractivity contribution is -0.219. The van der Waals surface area contributed by atoms with Crippen LogP contribution in [0.25, 0.3) is 0 Å². The molecule has 0 aromatic carbocycles. The van der Waals surface area contributed by atoms with Gasteiger partial charge in [0, 0.05) is 5.41 Å². The zero-order valence-corrected chi connectivity index (χ0v) is 6.72. The molecule has 0 saturated carbocycles. The molecule has 0 N–H and O–H groups in total. The van der Waals surface area contributed by atoms with Gasteiger partial charge in [0.2, 0.25) is 0 Å². The number of hydrogen-bond acceptors (Lipinski definition) is 2. The van der Waals surface area contributed by atoms with Crippen molar-refractivity contribution in [2.75, 3.05) is 13.2 Å². The van der Waals surface area contributed by atoms with E-state index in [1.54, 1.807) is 0 Å². The standard InChI is InChI=1S/C8H15O2/c1-4-7-9-5-8(2,3)6-10-7/h7H,1,4-6H2,2-3H3. The van der Waals surface area contributed by atoms with E-state index in [9.17, 15) is 0 Å². The summed E-state index contributed by atoms with van der Waals surface area (Å²) in [7, 11) is 0. The smallest absolute Gasteiger partial charge is 0.157 e. The molecule has 1 radical (unpaired) electrons. The summed E-state index contributed by atoms with van der Waals surface area (Å²) in [5.74, 6) is 0. The quantitative estimate of drug-likeness (QED) is 0.555. The van der Waals surface area contributed by atoms with E-state index in [0.717, 1.165) is 13.2 Å². The Hall–Kier alpha value is -0.0800. The maximum absolute atomic E-state index is 5.36. The summed E-state index contributed by atoms with van der Waals surface area (Å²) in [4.78, 5) is 0. The van der Waals surface area contributed by atoms with Gasteiger partial charge in [0.1, 0.15) is 0 Å². The van der Waals surface area contributed by atoms with Crippen molar-refractivity contribution in [3.05, 3.63) is 6.92 Å². The summed E-state index contributed by atoms with van der Waals surface area (Å²) in [6.45, 7) is 9.54. The van der Waals surface area contributed by atoms with Crippen LogP contribution in [0, 0.1) is 12.3 Å². The molecular weight excluding hydrogens is 128 g/mol. The van der Waals surface area contributed by atoms with Gasteiger partial charge in [0.15, 0.2) is 6.29 Å². The van der Waals surface area contributed by atoms with E-state index in [-0.39, 0.29) is 11.7 Å². The molecule has 1 fully saturated rings. The monoisotopic (exact) mass is 143 g/mol. The first kappa shape index (κ1) is 8.02. The molecule has 0 aliphatic carbocycles. The molecule has 1 saturated heterocycles. The minimum Gasteiger partial charge on any atom is -0.352 e. The van der Waals surface area contributed by atoms with Crippen LogP contribution in [0.15, 0.2) is 0 Å². The molecular formula is C8H15O2. The summed E-state index contributed by atoms with van der Waals surface area (Å²) >= 11 is 0. The van der Waals surface area contributed by atoms with Gasteiger partial charge in [-0.15, -0.1) is 0 Å². The Kier molecular flexibility index (Phi) is 2.32. The molecule has 0 aromatic heterocycles. The largest absolute Gasteiger partial charge is 0.352 e. The first-order valence-corrected chi connectivity index (χ1v) is 3.66. The molecule has 1 aliphatic rings. The van der Waals surface area contributed by atoms with Crippen LogP contribution in [-0.2, 0) is 9.47 Å². The minimum atomic E-state index is -0.0620. The second kappa shape index (κ2) is 2.89. The van der Waals surface area contributed by atoms with Crippen molar-refractivity contribution in [3.63, 3.8) is 0 Å². The topological polar surface area (TPSA) is 18.5 Å². The third kappa shape index (κ3) is 1.96. The van der Waals surface area contributed by atoms with Crippen LogP contribution in [0.2, 0.25) is 0 Å². The Morgan fingerprint density at radius 2 is 1.90 bits per heavy atom. The van der Waals surface area contributed by atoms with E-state index < -0.39 is 0 Å². The Morgan fingerprint density at radius 3 is 2.30 bits per heavy atom. The third-order valence-electron chi connectivity index (χ3n) is 1.56. The van der Waals surface area contributed by atoms with Crippen LogP contribution < -0.4 is 0 Å². The Morgan fingerprint density at radius 1 is 1.40 bits per heavy atom. The zero-order valence-electron chi connectivity index (χ0n) is 6.72. The normalized spacial score (nSPS) is 26.7. The average Bonchev–Trinajstić information content (AvgIpc) is 1.88. The van der Waals surface area contributed by atoms with Gasteiger partial charge >= 0.3 is 0 Å². The summed E-state index contributed by atoms with van der Waals surface area (Å²) in [6, 6.07) is 0. The molecule has 59 valence electrons. The second-order valence-corrected chi connectivity index (χ2v) is 3.50. The molecule has 1 rings (SSSR count). The first-order valence-electron chi connectivity index (χ1n) is 3.66. The van der Waals surface area contributed by atoms with E-state index in [1.807, 2.05) is 0 Å². The van der Waals surface area contributed by atoms with Crippen molar-refractivity contribution in [1.82, 2.24) is 0 Å². The van der Waals surface area contributed by atoms with Crippen LogP contribution >= 0.6 is 0 Å². The Balaban J connectivity index is 2.31. The highest BCUT2D eigenvalue weighted by Gasteiger charge is 2.26. The highest BCUT2D eigenvalue weighted by molar-refractivity contribution is 4.71. The zero-order chi connectivity index (χ0) is 7.61. The van der Waals surface area contributed by atoms with Crippen molar-refractivity contribution < 1.29 is 9.47 Å². The number of hydrogen-bond donors (Lipinski definition) is 0. The molecule has 1 aliphatic heterocycles. The molecule has 2 nitrogen and oxygen atoms in total. The van der Waals surface area contributed by atoms with Gasteiger partial charge in [-0.05, 0) is 13.3 Å². The minimum absolute atomic E-state index is 0.0620. The molecule has 2 heteroatoms.